The summed E-state index contributed by atoms with van der Waals surface area (Å²) < 4.78 is 6.80. The summed E-state index contributed by atoms with van der Waals surface area (Å²) in [6.45, 7) is 0.370. The van der Waals surface area contributed by atoms with E-state index >= 15 is 0 Å². The van der Waals surface area contributed by atoms with E-state index in [9.17, 15) is 9.59 Å². The van der Waals surface area contributed by atoms with Gasteiger partial charge in [0.15, 0.2) is 5.58 Å². The Morgan fingerprint density at radius 2 is 1.76 bits per heavy atom. The summed E-state index contributed by atoms with van der Waals surface area (Å²) in [5, 5.41) is 3.31. The molecular weight excluding hydrogens is 316 g/mol. The quantitative estimate of drug-likeness (QED) is 0.931. The molecule has 0 radical (unpaired) electrons. The maximum Gasteiger partial charge on any atom is 0.419 e. The van der Waals surface area contributed by atoms with Gasteiger partial charge in [0, 0.05) is 19.0 Å². The van der Waals surface area contributed by atoms with E-state index in [-0.39, 0.29) is 11.7 Å². The Balaban J connectivity index is 1.25. The zero-order valence-electron chi connectivity index (χ0n) is 14.3. The molecular formula is C20H24N2O3. The number of hydrogen-bond acceptors (Lipinski definition) is 3. The van der Waals surface area contributed by atoms with Gasteiger partial charge in [0.25, 0.3) is 0 Å². The van der Waals surface area contributed by atoms with E-state index in [4.69, 9.17) is 4.42 Å². The molecule has 0 atom stereocenters. The first-order valence-corrected chi connectivity index (χ1v) is 9.55. The Labute approximate surface area is 146 Å². The van der Waals surface area contributed by atoms with E-state index in [2.05, 4.69) is 5.32 Å². The summed E-state index contributed by atoms with van der Waals surface area (Å²) in [6, 6.07) is 7.72. The lowest BCUT2D eigenvalue weighted by molar-refractivity contribution is -0.125. The highest BCUT2D eigenvalue weighted by molar-refractivity contribution is 5.77. The number of nitrogens with zero attached hydrogens (tertiary/aromatic N) is 1. The van der Waals surface area contributed by atoms with Crippen molar-refractivity contribution in [3.05, 3.63) is 34.8 Å². The number of carbonyl (C=O) groups is 1. The number of fused-ring (bicyclic) bond motifs is 1. The molecule has 4 fully saturated rings. The molecule has 4 aliphatic carbocycles. The van der Waals surface area contributed by atoms with Crippen molar-refractivity contribution in [1.29, 1.82) is 0 Å². The van der Waals surface area contributed by atoms with Crippen molar-refractivity contribution in [1.82, 2.24) is 9.88 Å². The first-order chi connectivity index (χ1) is 12.2. The zero-order chi connectivity index (χ0) is 17.0. The van der Waals surface area contributed by atoms with Crippen LogP contribution in [0.1, 0.15) is 38.5 Å². The second-order valence-electron chi connectivity index (χ2n) is 8.26. The van der Waals surface area contributed by atoms with Crippen LogP contribution in [0.2, 0.25) is 0 Å². The van der Waals surface area contributed by atoms with E-state index in [0.717, 1.165) is 17.4 Å². The second-order valence-corrected chi connectivity index (χ2v) is 8.26. The Hall–Kier alpha value is -2.04. The van der Waals surface area contributed by atoms with Gasteiger partial charge in [-0.25, -0.2) is 4.79 Å². The Morgan fingerprint density at radius 3 is 2.48 bits per heavy atom. The number of oxazole rings is 1. The smallest absolute Gasteiger partial charge is 0.408 e. The van der Waals surface area contributed by atoms with Gasteiger partial charge in [-0.2, -0.15) is 0 Å². The largest absolute Gasteiger partial charge is 0.419 e. The summed E-state index contributed by atoms with van der Waals surface area (Å²) in [5.41, 5.74) is 1.34. The maximum absolute atomic E-state index is 12.5. The van der Waals surface area contributed by atoms with E-state index in [1.54, 1.807) is 10.6 Å². The van der Waals surface area contributed by atoms with Crippen molar-refractivity contribution in [3.8, 4) is 0 Å². The molecule has 25 heavy (non-hydrogen) atoms. The first kappa shape index (κ1) is 15.2. The van der Waals surface area contributed by atoms with Crippen molar-refractivity contribution >= 4 is 17.0 Å². The van der Waals surface area contributed by atoms with Crippen LogP contribution in [-0.4, -0.2) is 16.5 Å². The van der Waals surface area contributed by atoms with Crippen molar-refractivity contribution in [2.45, 2.75) is 51.1 Å². The molecule has 0 spiro atoms. The maximum atomic E-state index is 12.5. The average Bonchev–Trinajstić information content (AvgIpc) is 2.91. The highest BCUT2D eigenvalue weighted by Crippen LogP contribution is 2.53. The molecule has 2 aromatic rings. The van der Waals surface area contributed by atoms with E-state index in [0.29, 0.717) is 36.4 Å². The Morgan fingerprint density at radius 1 is 1.08 bits per heavy atom. The van der Waals surface area contributed by atoms with Gasteiger partial charge >= 0.3 is 5.76 Å². The number of aryl methyl sites for hydroxylation is 1. The van der Waals surface area contributed by atoms with Gasteiger partial charge in [-0.3, -0.25) is 9.36 Å². The predicted octanol–water partition coefficient (Wildman–Crippen LogP) is 2.93. The molecule has 4 bridgehead atoms. The van der Waals surface area contributed by atoms with Crippen LogP contribution in [0.15, 0.2) is 33.5 Å². The summed E-state index contributed by atoms with van der Waals surface area (Å²) in [4.78, 5) is 24.5. The minimum Gasteiger partial charge on any atom is -0.408 e. The fourth-order valence-corrected chi connectivity index (χ4v) is 5.86. The minimum atomic E-state index is -0.386. The lowest BCUT2D eigenvalue weighted by Gasteiger charge is -2.54. The molecule has 1 N–H and O–H groups in total. The predicted molar refractivity (Wildman–Crippen MR) is 94.1 cm³/mol. The molecule has 0 saturated heterocycles. The summed E-state index contributed by atoms with van der Waals surface area (Å²) in [7, 11) is 0. The van der Waals surface area contributed by atoms with Gasteiger partial charge in [0.2, 0.25) is 5.91 Å². The van der Waals surface area contributed by atoms with E-state index < -0.39 is 0 Å². The van der Waals surface area contributed by atoms with Crippen molar-refractivity contribution in [2.24, 2.45) is 23.7 Å². The van der Waals surface area contributed by atoms with Crippen LogP contribution in [0.5, 0.6) is 0 Å². The molecule has 0 aliphatic heterocycles. The van der Waals surface area contributed by atoms with Gasteiger partial charge < -0.3 is 9.73 Å². The van der Waals surface area contributed by atoms with Gasteiger partial charge in [0.1, 0.15) is 0 Å². The number of hydrogen-bond donors (Lipinski definition) is 1. The summed E-state index contributed by atoms with van der Waals surface area (Å²) in [6.07, 6.45) is 6.93. The number of para-hydroxylation sites is 2. The van der Waals surface area contributed by atoms with Crippen LogP contribution < -0.4 is 11.1 Å². The molecule has 0 unspecified atom stereocenters. The fourth-order valence-electron chi connectivity index (χ4n) is 5.86. The third kappa shape index (κ3) is 2.60. The third-order valence-electron chi connectivity index (χ3n) is 6.69. The van der Waals surface area contributed by atoms with Crippen LogP contribution >= 0.6 is 0 Å². The summed E-state index contributed by atoms with van der Waals surface area (Å²) >= 11 is 0. The fraction of sp³-hybridized carbons (Fsp3) is 0.600. The second kappa shape index (κ2) is 5.75. The Kier molecular flexibility index (Phi) is 3.50. The lowest BCUT2D eigenvalue weighted by atomic mass is 9.54. The molecule has 1 heterocycles. The molecule has 4 aliphatic rings. The summed E-state index contributed by atoms with van der Waals surface area (Å²) in [5.74, 6) is 2.85. The van der Waals surface area contributed by atoms with Crippen LogP contribution in [-0.2, 0) is 11.3 Å². The van der Waals surface area contributed by atoms with Gasteiger partial charge in [-0.15, -0.1) is 0 Å². The van der Waals surface area contributed by atoms with Crippen LogP contribution in [0.4, 0.5) is 0 Å². The van der Waals surface area contributed by atoms with Gasteiger partial charge in [0.05, 0.1) is 5.52 Å². The number of carbonyl (C=O) groups excluding carboxylic acids is 1. The topological polar surface area (TPSA) is 64.2 Å². The average molecular weight is 340 g/mol. The molecule has 132 valence electrons. The molecule has 1 aromatic carbocycles. The highest BCUT2D eigenvalue weighted by Gasteiger charge is 2.48. The molecule has 6 rings (SSSR count). The molecule has 5 heteroatoms. The molecule has 4 saturated carbocycles. The molecule has 1 amide bonds. The molecule has 5 nitrogen and oxygen atoms in total. The highest BCUT2D eigenvalue weighted by atomic mass is 16.4. The number of amides is 1. The first-order valence-electron chi connectivity index (χ1n) is 9.55. The third-order valence-corrected chi connectivity index (χ3v) is 6.69. The zero-order valence-corrected chi connectivity index (χ0v) is 14.3. The van der Waals surface area contributed by atoms with Crippen LogP contribution in [0.3, 0.4) is 0 Å². The van der Waals surface area contributed by atoms with Crippen LogP contribution in [0, 0.1) is 23.7 Å². The van der Waals surface area contributed by atoms with Gasteiger partial charge in [-0.05, 0) is 67.9 Å². The van der Waals surface area contributed by atoms with E-state index in [1.807, 2.05) is 18.2 Å². The van der Waals surface area contributed by atoms with Crippen molar-refractivity contribution in [3.63, 3.8) is 0 Å². The Bertz CT molecular complexity index is 837. The number of aromatic nitrogens is 1. The standard InChI is InChI=1S/C20H24N2O3/c23-18(5-6-22-16-3-1-2-4-17(16)25-20(22)24)21-19-14-8-12-7-13(10-14)11-15(19)9-12/h1-4,12-15,19H,5-11H2,(H,21,23). The van der Waals surface area contributed by atoms with Crippen molar-refractivity contribution < 1.29 is 9.21 Å². The normalized spacial score (nSPS) is 33.0. The van der Waals surface area contributed by atoms with E-state index in [1.165, 1.54) is 32.1 Å². The number of nitrogens with one attached hydrogen (secondary N) is 1. The monoisotopic (exact) mass is 340 g/mol. The number of benzene rings is 1. The van der Waals surface area contributed by atoms with Gasteiger partial charge in [-0.1, -0.05) is 12.1 Å². The van der Waals surface area contributed by atoms with Crippen LogP contribution in [0.25, 0.3) is 11.1 Å². The minimum absolute atomic E-state index is 0.0645. The lowest BCUT2D eigenvalue weighted by Crippen LogP contribution is -2.55. The number of rotatable bonds is 4. The van der Waals surface area contributed by atoms with Crippen molar-refractivity contribution in [2.75, 3.05) is 0 Å². The SMILES string of the molecule is O=C(CCn1c(=O)oc2ccccc21)NC1C2CC3CC(C2)CC1C3. The molecule has 1 aromatic heterocycles.